The van der Waals surface area contributed by atoms with Crippen molar-refractivity contribution >= 4 is 24.2 Å². The van der Waals surface area contributed by atoms with E-state index in [9.17, 15) is 22.0 Å². The molecule has 128 valence electrons. The summed E-state index contributed by atoms with van der Waals surface area (Å²) in [7, 11) is -0.943. The summed E-state index contributed by atoms with van der Waals surface area (Å²) in [6.45, 7) is 7.14. The SMILES string of the molecule is CC1(C)OB(c2ccc(C(F)(F)C(F)(F)F)cc2Cl)OC1(C)C. The fraction of sp³-hybridized carbons (Fsp3) is 0.571. The second kappa shape index (κ2) is 5.32. The van der Waals surface area contributed by atoms with Crippen LogP contribution in [0, 0.1) is 0 Å². The molecule has 23 heavy (non-hydrogen) atoms. The maximum Gasteiger partial charge on any atom is 0.496 e. The smallest absolute Gasteiger partial charge is 0.399 e. The van der Waals surface area contributed by atoms with Gasteiger partial charge in [0.25, 0.3) is 0 Å². The Balaban J connectivity index is 2.36. The lowest BCUT2D eigenvalue weighted by Crippen LogP contribution is -2.41. The second-order valence-corrected chi connectivity index (χ2v) is 6.80. The largest absolute Gasteiger partial charge is 0.496 e. The zero-order chi connectivity index (χ0) is 17.8. The van der Waals surface area contributed by atoms with Crippen LogP contribution in [0.4, 0.5) is 22.0 Å². The van der Waals surface area contributed by atoms with Crippen LogP contribution in [0.5, 0.6) is 0 Å². The van der Waals surface area contributed by atoms with Crippen molar-refractivity contribution < 1.29 is 31.3 Å². The van der Waals surface area contributed by atoms with Crippen molar-refractivity contribution in [3.8, 4) is 0 Å². The van der Waals surface area contributed by atoms with Gasteiger partial charge in [0.15, 0.2) is 0 Å². The first-order chi connectivity index (χ1) is 10.2. The fourth-order valence-electron chi connectivity index (χ4n) is 2.05. The minimum absolute atomic E-state index is 0.201. The lowest BCUT2D eigenvalue weighted by Gasteiger charge is -2.32. The van der Waals surface area contributed by atoms with Crippen LogP contribution < -0.4 is 5.46 Å². The third-order valence-corrected chi connectivity index (χ3v) is 4.55. The molecule has 1 aliphatic heterocycles. The van der Waals surface area contributed by atoms with Gasteiger partial charge in [-0.15, -0.1) is 0 Å². The first-order valence-corrected chi connectivity index (χ1v) is 7.17. The molecule has 0 aliphatic carbocycles. The first kappa shape index (κ1) is 18.5. The highest BCUT2D eigenvalue weighted by atomic mass is 35.5. The lowest BCUT2D eigenvalue weighted by atomic mass is 9.78. The maximum atomic E-state index is 13.4. The van der Waals surface area contributed by atoms with Crippen LogP contribution in [0.1, 0.15) is 33.3 Å². The Morgan fingerprint density at radius 3 is 1.83 bits per heavy atom. The Labute approximate surface area is 136 Å². The molecule has 0 bridgehead atoms. The molecule has 1 saturated heterocycles. The van der Waals surface area contributed by atoms with Gasteiger partial charge in [-0.3, -0.25) is 0 Å². The van der Waals surface area contributed by atoms with Crippen LogP contribution in [-0.4, -0.2) is 24.5 Å². The van der Waals surface area contributed by atoms with Crippen molar-refractivity contribution in [2.45, 2.75) is 51.0 Å². The summed E-state index contributed by atoms with van der Waals surface area (Å²) in [6, 6.07) is 2.34. The zero-order valence-corrected chi connectivity index (χ0v) is 13.6. The lowest BCUT2D eigenvalue weighted by molar-refractivity contribution is -0.289. The Hall–Kier alpha value is -0.855. The standard InChI is InChI=1S/C14H15BClF5O2/c1-11(2)12(3,4)23-15(22-11)9-6-5-8(7-10(9)16)13(17,18)14(19,20)21/h5-7H,1-4H3. The first-order valence-electron chi connectivity index (χ1n) is 6.79. The molecule has 2 nitrogen and oxygen atoms in total. The van der Waals surface area contributed by atoms with Crippen molar-refractivity contribution in [3.05, 3.63) is 28.8 Å². The van der Waals surface area contributed by atoms with Crippen molar-refractivity contribution in [1.82, 2.24) is 0 Å². The normalized spacial score (nSPS) is 20.9. The molecule has 1 aliphatic rings. The van der Waals surface area contributed by atoms with E-state index < -0.39 is 36.0 Å². The summed E-state index contributed by atoms with van der Waals surface area (Å²) in [5.41, 5.74) is -2.40. The number of hydrogen-bond donors (Lipinski definition) is 0. The van der Waals surface area contributed by atoms with Crippen LogP contribution in [0.15, 0.2) is 18.2 Å². The molecule has 9 heteroatoms. The van der Waals surface area contributed by atoms with E-state index in [1.165, 1.54) is 0 Å². The minimum Gasteiger partial charge on any atom is -0.399 e. The summed E-state index contributed by atoms with van der Waals surface area (Å²) in [5, 5.41) is -0.273. The minimum atomic E-state index is -5.69. The van der Waals surface area contributed by atoms with Gasteiger partial charge in [-0.25, -0.2) is 0 Å². The van der Waals surface area contributed by atoms with E-state index in [1.807, 2.05) is 0 Å². The summed E-state index contributed by atoms with van der Waals surface area (Å²) < 4.78 is 75.4. The molecular formula is C14H15BClF5O2. The van der Waals surface area contributed by atoms with Crippen LogP contribution >= 0.6 is 11.6 Å². The molecule has 0 saturated carbocycles. The number of benzene rings is 1. The number of hydrogen-bond acceptors (Lipinski definition) is 2. The summed E-state index contributed by atoms with van der Waals surface area (Å²) >= 11 is 5.89. The highest BCUT2D eigenvalue weighted by molar-refractivity contribution is 6.65. The van der Waals surface area contributed by atoms with Gasteiger partial charge in [0.1, 0.15) is 0 Å². The molecule has 0 unspecified atom stereocenters. The van der Waals surface area contributed by atoms with E-state index in [1.54, 1.807) is 27.7 Å². The molecule has 1 fully saturated rings. The molecule has 0 spiro atoms. The van der Waals surface area contributed by atoms with Gasteiger partial charge in [0, 0.05) is 16.0 Å². The van der Waals surface area contributed by atoms with E-state index in [2.05, 4.69) is 0 Å². The number of alkyl halides is 5. The van der Waals surface area contributed by atoms with Gasteiger partial charge in [0.2, 0.25) is 0 Å². The zero-order valence-electron chi connectivity index (χ0n) is 12.9. The molecular weight excluding hydrogens is 341 g/mol. The summed E-state index contributed by atoms with van der Waals surface area (Å²) in [5.74, 6) is -4.98. The molecule has 0 amide bonds. The second-order valence-electron chi connectivity index (χ2n) is 6.40. The molecule has 0 aromatic heterocycles. The quantitative estimate of drug-likeness (QED) is 0.581. The van der Waals surface area contributed by atoms with E-state index in [0.29, 0.717) is 12.1 Å². The fourth-order valence-corrected chi connectivity index (χ4v) is 2.32. The Morgan fingerprint density at radius 1 is 0.957 bits per heavy atom. The Bertz CT molecular complexity index is 600. The predicted octanol–water partition coefficient (Wildman–Crippen LogP) is 4.29. The average Bonchev–Trinajstić information content (AvgIpc) is 2.56. The van der Waals surface area contributed by atoms with Gasteiger partial charge in [-0.2, -0.15) is 22.0 Å². The van der Waals surface area contributed by atoms with Crippen LogP contribution in [0.3, 0.4) is 0 Å². The third kappa shape index (κ3) is 3.08. The number of halogens is 6. The van der Waals surface area contributed by atoms with Crippen molar-refractivity contribution in [3.63, 3.8) is 0 Å². The van der Waals surface area contributed by atoms with Crippen LogP contribution in [0.25, 0.3) is 0 Å². The molecule has 2 rings (SSSR count). The Morgan fingerprint density at radius 2 is 1.43 bits per heavy atom. The van der Waals surface area contributed by atoms with Gasteiger partial charge in [-0.05, 0) is 33.8 Å². The Kier molecular flexibility index (Phi) is 4.28. The molecule has 0 N–H and O–H groups in total. The van der Waals surface area contributed by atoms with Crippen molar-refractivity contribution in [2.24, 2.45) is 0 Å². The summed E-state index contributed by atoms with van der Waals surface area (Å²) in [4.78, 5) is 0. The topological polar surface area (TPSA) is 18.5 Å². The molecule has 1 aromatic rings. The molecule has 1 aromatic carbocycles. The van der Waals surface area contributed by atoms with E-state index in [-0.39, 0.29) is 10.5 Å². The van der Waals surface area contributed by atoms with Gasteiger partial charge < -0.3 is 9.31 Å². The maximum absolute atomic E-state index is 13.4. The van der Waals surface area contributed by atoms with E-state index in [4.69, 9.17) is 20.9 Å². The molecule has 0 atom stereocenters. The third-order valence-electron chi connectivity index (χ3n) is 4.23. The van der Waals surface area contributed by atoms with Crippen LogP contribution in [-0.2, 0) is 15.2 Å². The van der Waals surface area contributed by atoms with Gasteiger partial charge >= 0.3 is 19.2 Å². The van der Waals surface area contributed by atoms with Gasteiger partial charge in [0.05, 0.1) is 11.2 Å². The highest BCUT2D eigenvalue weighted by Gasteiger charge is 2.59. The molecule has 1 heterocycles. The van der Waals surface area contributed by atoms with E-state index >= 15 is 0 Å². The number of rotatable bonds is 2. The van der Waals surface area contributed by atoms with Crippen molar-refractivity contribution in [2.75, 3.05) is 0 Å². The van der Waals surface area contributed by atoms with Crippen LogP contribution in [0.2, 0.25) is 5.02 Å². The van der Waals surface area contributed by atoms with E-state index in [0.717, 1.165) is 6.07 Å². The average molecular weight is 357 g/mol. The molecule has 0 radical (unpaired) electrons. The monoisotopic (exact) mass is 356 g/mol. The summed E-state index contributed by atoms with van der Waals surface area (Å²) in [6.07, 6.45) is -5.69. The predicted molar refractivity (Wildman–Crippen MR) is 77.1 cm³/mol. The van der Waals surface area contributed by atoms with Crippen molar-refractivity contribution in [1.29, 1.82) is 0 Å². The highest BCUT2D eigenvalue weighted by Crippen LogP contribution is 2.44. The van der Waals surface area contributed by atoms with Gasteiger partial charge in [-0.1, -0.05) is 23.7 Å².